The second-order valence-electron chi connectivity index (χ2n) is 5.50. The molecule has 22 heavy (non-hydrogen) atoms. The largest absolute Gasteiger partial charge is 0.366 e. The molecule has 0 fully saturated rings. The van der Waals surface area contributed by atoms with E-state index in [4.69, 9.17) is 5.73 Å². The lowest BCUT2D eigenvalue weighted by Gasteiger charge is -2.12. The van der Waals surface area contributed by atoms with Gasteiger partial charge in [-0.3, -0.25) is 9.59 Å². The van der Waals surface area contributed by atoms with E-state index < -0.39 is 5.91 Å². The van der Waals surface area contributed by atoms with Crippen LogP contribution in [0.3, 0.4) is 0 Å². The van der Waals surface area contributed by atoms with Crippen LogP contribution in [0.2, 0.25) is 0 Å². The summed E-state index contributed by atoms with van der Waals surface area (Å²) in [5, 5.41) is 2.85. The summed E-state index contributed by atoms with van der Waals surface area (Å²) in [5.41, 5.74) is 10.3. The van der Waals surface area contributed by atoms with Gasteiger partial charge in [0.25, 0.3) is 0 Å². The minimum Gasteiger partial charge on any atom is -0.366 e. The van der Waals surface area contributed by atoms with Crippen molar-refractivity contribution in [1.82, 2.24) is 0 Å². The van der Waals surface area contributed by atoms with Crippen LogP contribution in [-0.4, -0.2) is 11.8 Å². The van der Waals surface area contributed by atoms with Crippen LogP contribution >= 0.6 is 0 Å². The van der Waals surface area contributed by atoms with E-state index in [-0.39, 0.29) is 5.91 Å². The molecular formula is C18H20N2O2. The van der Waals surface area contributed by atoms with Gasteiger partial charge in [0.2, 0.25) is 11.8 Å². The number of benzene rings is 2. The molecule has 0 saturated heterocycles. The Kier molecular flexibility index (Phi) is 4.61. The Morgan fingerprint density at radius 3 is 2.50 bits per heavy atom. The van der Waals surface area contributed by atoms with Gasteiger partial charge in [-0.1, -0.05) is 29.8 Å². The summed E-state index contributed by atoms with van der Waals surface area (Å²) >= 11 is 0. The van der Waals surface area contributed by atoms with E-state index in [1.54, 1.807) is 25.1 Å². The Balaban J connectivity index is 2.18. The van der Waals surface area contributed by atoms with Crippen molar-refractivity contribution in [1.29, 1.82) is 0 Å². The fourth-order valence-corrected chi connectivity index (χ4v) is 2.40. The fourth-order valence-electron chi connectivity index (χ4n) is 2.40. The molecule has 0 aliphatic heterocycles. The molecule has 0 heterocycles. The molecule has 0 radical (unpaired) electrons. The van der Waals surface area contributed by atoms with E-state index in [0.717, 1.165) is 16.7 Å². The van der Waals surface area contributed by atoms with E-state index in [1.807, 2.05) is 32.0 Å². The maximum Gasteiger partial charge on any atom is 0.249 e. The summed E-state index contributed by atoms with van der Waals surface area (Å²) in [6.45, 7) is 5.76. The smallest absolute Gasteiger partial charge is 0.249 e. The number of nitrogens with one attached hydrogen (secondary N) is 1. The molecule has 2 aromatic carbocycles. The first kappa shape index (κ1) is 15.8. The summed E-state index contributed by atoms with van der Waals surface area (Å²) < 4.78 is 0. The zero-order valence-corrected chi connectivity index (χ0v) is 13.1. The zero-order chi connectivity index (χ0) is 16.3. The quantitative estimate of drug-likeness (QED) is 0.910. The number of nitrogens with two attached hydrogens (primary N) is 1. The zero-order valence-electron chi connectivity index (χ0n) is 13.1. The maximum absolute atomic E-state index is 12.3. The van der Waals surface area contributed by atoms with Crippen LogP contribution in [0.1, 0.15) is 32.6 Å². The third kappa shape index (κ3) is 3.52. The van der Waals surface area contributed by atoms with Gasteiger partial charge in [-0.15, -0.1) is 0 Å². The van der Waals surface area contributed by atoms with Crippen molar-refractivity contribution in [2.75, 3.05) is 5.32 Å². The predicted molar refractivity (Wildman–Crippen MR) is 87.9 cm³/mol. The molecule has 114 valence electrons. The molecule has 3 N–H and O–H groups in total. The molecule has 2 rings (SSSR count). The van der Waals surface area contributed by atoms with E-state index in [9.17, 15) is 9.59 Å². The summed E-state index contributed by atoms with van der Waals surface area (Å²) in [4.78, 5) is 23.6. The molecule has 0 unspecified atom stereocenters. The number of hydrogen-bond acceptors (Lipinski definition) is 2. The minimum absolute atomic E-state index is 0.113. The number of primary amides is 1. The molecule has 2 amide bonds. The second-order valence-corrected chi connectivity index (χ2v) is 5.50. The number of carbonyl (C=O) groups is 2. The summed E-state index contributed by atoms with van der Waals surface area (Å²) in [6, 6.07) is 11.2. The van der Waals surface area contributed by atoms with Gasteiger partial charge in [-0.05, 0) is 49.6 Å². The molecule has 0 aliphatic rings. The van der Waals surface area contributed by atoms with Crippen molar-refractivity contribution in [3.8, 4) is 0 Å². The molecule has 0 aliphatic carbocycles. The molecule has 0 atom stereocenters. The highest BCUT2D eigenvalue weighted by molar-refractivity contribution is 5.98. The Labute approximate surface area is 130 Å². The van der Waals surface area contributed by atoms with Crippen molar-refractivity contribution in [2.24, 2.45) is 5.73 Å². The molecule has 0 spiro atoms. The molecule has 4 nitrogen and oxygen atoms in total. The van der Waals surface area contributed by atoms with Gasteiger partial charge in [0, 0.05) is 11.3 Å². The van der Waals surface area contributed by atoms with Gasteiger partial charge in [0.05, 0.1) is 6.42 Å². The van der Waals surface area contributed by atoms with Gasteiger partial charge in [0.1, 0.15) is 0 Å². The van der Waals surface area contributed by atoms with Crippen LogP contribution in [-0.2, 0) is 11.2 Å². The lowest BCUT2D eigenvalue weighted by Crippen LogP contribution is -2.18. The summed E-state index contributed by atoms with van der Waals surface area (Å²) in [6.07, 6.45) is 0.299. The summed E-state index contributed by atoms with van der Waals surface area (Å²) in [7, 11) is 0. The Bertz CT molecular complexity index is 736. The average Bonchev–Trinajstić information content (AvgIpc) is 2.45. The average molecular weight is 296 g/mol. The van der Waals surface area contributed by atoms with Crippen molar-refractivity contribution in [3.05, 3.63) is 64.2 Å². The highest BCUT2D eigenvalue weighted by Gasteiger charge is 2.12. The van der Waals surface area contributed by atoms with Crippen molar-refractivity contribution < 1.29 is 9.59 Å². The standard InChI is InChI=1S/C18H20N2O2/c1-11-7-8-12(2)14(9-11)10-17(21)20-16-6-4-5-15(13(16)3)18(19)22/h4-9H,10H2,1-3H3,(H2,19,22)(H,20,21). The topological polar surface area (TPSA) is 72.2 Å². The number of anilines is 1. The number of amides is 2. The van der Waals surface area contributed by atoms with Crippen molar-refractivity contribution in [2.45, 2.75) is 27.2 Å². The van der Waals surface area contributed by atoms with Crippen LogP contribution in [0.15, 0.2) is 36.4 Å². The van der Waals surface area contributed by atoms with Crippen LogP contribution in [0.4, 0.5) is 5.69 Å². The van der Waals surface area contributed by atoms with Crippen molar-refractivity contribution in [3.63, 3.8) is 0 Å². The third-order valence-electron chi connectivity index (χ3n) is 3.73. The van der Waals surface area contributed by atoms with Gasteiger partial charge >= 0.3 is 0 Å². The maximum atomic E-state index is 12.3. The van der Waals surface area contributed by atoms with E-state index in [1.165, 1.54) is 0 Å². The first-order chi connectivity index (χ1) is 10.4. The molecule has 0 bridgehead atoms. The lowest BCUT2D eigenvalue weighted by molar-refractivity contribution is -0.115. The third-order valence-corrected chi connectivity index (χ3v) is 3.73. The van der Waals surface area contributed by atoms with Crippen LogP contribution in [0, 0.1) is 20.8 Å². The second kappa shape index (κ2) is 6.43. The number of aryl methyl sites for hydroxylation is 2. The molecule has 2 aromatic rings. The normalized spacial score (nSPS) is 10.3. The summed E-state index contributed by atoms with van der Waals surface area (Å²) in [5.74, 6) is -0.610. The number of rotatable bonds is 4. The SMILES string of the molecule is Cc1ccc(C)c(CC(=O)Nc2cccc(C(N)=O)c2C)c1. The van der Waals surface area contributed by atoms with E-state index in [0.29, 0.717) is 23.2 Å². The Hall–Kier alpha value is -2.62. The highest BCUT2D eigenvalue weighted by atomic mass is 16.2. The fraction of sp³-hybridized carbons (Fsp3) is 0.222. The van der Waals surface area contributed by atoms with E-state index in [2.05, 4.69) is 5.32 Å². The first-order valence-electron chi connectivity index (χ1n) is 7.14. The van der Waals surface area contributed by atoms with Crippen LogP contribution in [0.5, 0.6) is 0 Å². The lowest BCUT2D eigenvalue weighted by atomic mass is 10.0. The Morgan fingerprint density at radius 2 is 1.82 bits per heavy atom. The predicted octanol–water partition coefficient (Wildman–Crippen LogP) is 2.89. The number of carbonyl (C=O) groups excluding carboxylic acids is 2. The van der Waals surface area contributed by atoms with Gasteiger partial charge in [0.15, 0.2) is 0 Å². The first-order valence-corrected chi connectivity index (χ1v) is 7.14. The van der Waals surface area contributed by atoms with E-state index >= 15 is 0 Å². The van der Waals surface area contributed by atoms with Crippen LogP contribution < -0.4 is 11.1 Å². The molecule has 4 heteroatoms. The minimum atomic E-state index is -0.497. The highest BCUT2D eigenvalue weighted by Crippen LogP contribution is 2.19. The monoisotopic (exact) mass is 296 g/mol. The van der Waals surface area contributed by atoms with Gasteiger partial charge in [-0.25, -0.2) is 0 Å². The van der Waals surface area contributed by atoms with Crippen molar-refractivity contribution >= 4 is 17.5 Å². The van der Waals surface area contributed by atoms with Crippen LogP contribution in [0.25, 0.3) is 0 Å². The van der Waals surface area contributed by atoms with Gasteiger partial charge < -0.3 is 11.1 Å². The van der Waals surface area contributed by atoms with Gasteiger partial charge in [-0.2, -0.15) is 0 Å². The molecule has 0 aromatic heterocycles. The molecule has 0 saturated carbocycles. The Morgan fingerprint density at radius 1 is 1.09 bits per heavy atom. The molecular weight excluding hydrogens is 276 g/mol. The number of hydrogen-bond donors (Lipinski definition) is 2.